The molecule has 0 saturated heterocycles. The van der Waals surface area contributed by atoms with E-state index in [0.717, 1.165) is 10.9 Å². The van der Waals surface area contributed by atoms with Gasteiger partial charge in [0.25, 0.3) is 0 Å². The van der Waals surface area contributed by atoms with Crippen LogP contribution in [0.4, 0.5) is 0 Å². The molecule has 0 unspecified atom stereocenters. The largest absolute Gasteiger partial charge is 0.492 e. The maximum atomic E-state index is 11.3. The van der Waals surface area contributed by atoms with Gasteiger partial charge in [-0.25, -0.2) is 0 Å². The number of para-hydroxylation sites is 1. The first-order chi connectivity index (χ1) is 6.66. The third-order valence-corrected chi connectivity index (χ3v) is 2.42. The molecule has 1 rings (SSSR count). The van der Waals surface area contributed by atoms with Crippen LogP contribution in [0, 0.1) is 0 Å². The summed E-state index contributed by atoms with van der Waals surface area (Å²) in [6.45, 7) is 4.20. The lowest BCUT2D eigenvalue weighted by molar-refractivity contribution is 0.101. The minimum absolute atomic E-state index is 0.0254. The van der Waals surface area contributed by atoms with Gasteiger partial charge in [0.05, 0.1) is 16.6 Å². The van der Waals surface area contributed by atoms with E-state index in [-0.39, 0.29) is 5.78 Å². The van der Waals surface area contributed by atoms with Crippen molar-refractivity contribution < 1.29 is 9.53 Å². The van der Waals surface area contributed by atoms with Crippen molar-refractivity contribution in [2.24, 2.45) is 0 Å². The highest BCUT2D eigenvalue weighted by molar-refractivity contribution is 9.10. The number of hydrogen-bond donors (Lipinski definition) is 0. The number of ether oxygens (including phenoxy) is 1. The molecule has 0 N–H and O–H groups in total. The molecule has 0 bridgehead atoms. The van der Waals surface area contributed by atoms with E-state index in [1.807, 2.05) is 19.1 Å². The average Bonchev–Trinajstić information content (AvgIpc) is 2.15. The molecule has 1 aromatic carbocycles. The number of Topliss-reactive ketones (excluding diaryl/α,β-unsaturated/α-hetero) is 1. The van der Waals surface area contributed by atoms with E-state index in [9.17, 15) is 4.79 Å². The molecule has 0 amide bonds. The van der Waals surface area contributed by atoms with Crippen molar-refractivity contribution in [3.8, 4) is 5.75 Å². The van der Waals surface area contributed by atoms with Crippen LogP contribution >= 0.6 is 15.9 Å². The van der Waals surface area contributed by atoms with Gasteiger partial charge in [0.15, 0.2) is 5.78 Å². The topological polar surface area (TPSA) is 26.3 Å². The lowest BCUT2D eigenvalue weighted by Crippen LogP contribution is -2.02. The van der Waals surface area contributed by atoms with Gasteiger partial charge in [-0.1, -0.05) is 13.0 Å². The van der Waals surface area contributed by atoms with Crippen molar-refractivity contribution in [2.75, 3.05) is 6.61 Å². The molecule has 76 valence electrons. The summed E-state index contributed by atoms with van der Waals surface area (Å²) < 4.78 is 6.34. The quantitative estimate of drug-likeness (QED) is 0.772. The molecule has 2 nitrogen and oxygen atoms in total. The maximum absolute atomic E-state index is 11.3. The molecule has 1 aromatic rings. The molecule has 0 fully saturated rings. The van der Waals surface area contributed by atoms with Crippen molar-refractivity contribution in [2.45, 2.75) is 20.3 Å². The highest BCUT2D eigenvalue weighted by Gasteiger charge is 2.10. The van der Waals surface area contributed by atoms with Crippen molar-refractivity contribution >= 4 is 21.7 Å². The van der Waals surface area contributed by atoms with Crippen LogP contribution in [-0.4, -0.2) is 12.4 Å². The van der Waals surface area contributed by atoms with E-state index in [0.29, 0.717) is 17.9 Å². The summed E-state index contributed by atoms with van der Waals surface area (Å²) in [5, 5.41) is 0. The van der Waals surface area contributed by atoms with E-state index in [2.05, 4.69) is 15.9 Å². The van der Waals surface area contributed by atoms with Gasteiger partial charge in [-0.3, -0.25) is 4.79 Å². The van der Waals surface area contributed by atoms with E-state index >= 15 is 0 Å². The van der Waals surface area contributed by atoms with Gasteiger partial charge in [-0.2, -0.15) is 0 Å². The molecule has 0 aliphatic heterocycles. The van der Waals surface area contributed by atoms with Gasteiger partial charge < -0.3 is 4.74 Å². The Kier molecular flexibility index (Phi) is 4.14. The third kappa shape index (κ3) is 2.58. The molecule has 0 aliphatic rings. The zero-order valence-electron chi connectivity index (χ0n) is 8.34. The Balaban J connectivity index is 3.02. The number of carbonyl (C=O) groups is 1. The molecule has 14 heavy (non-hydrogen) atoms. The summed E-state index contributed by atoms with van der Waals surface area (Å²) in [7, 11) is 0. The number of rotatable bonds is 4. The predicted octanol–water partition coefficient (Wildman–Crippen LogP) is 3.44. The third-order valence-electron chi connectivity index (χ3n) is 1.80. The first-order valence-corrected chi connectivity index (χ1v) is 5.38. The maximum Gasteiger partial charge on any atom is 0.163 e. The molecule has 0 saturated carbocycles. The van der Waals surface area contributed by atoms with Crippen molar-refractivity contribution in [3.63, 3.8) is 0 Å². The van der Waals surface area contributed by atoms with Crippen LogP contribution in [0.25, 0.3) is 0 Å². The first-order valence-electron chi connectivity index (χ1n) is 4.59. The minimum Gasteiger partial charge on any atom is -0.492 e. The predicted molar refractivity (Wildman–Crippen MR) is 59.9 cm³/mol. The van der Waals surface area contributed by atoms with E-state index in [4.69, 9.17) is 4.74 Å². The standard InChI is InChI=1S/C11H13BrO2/c1-3-7-14-11-9(8(2)13)5-4-6-10(11)12/h4-6H,3,7H2,1-2H3. The van der Waals surface area contributed by atoms with Gasteiger partial charge in [0, 0.05) is 0 Å². The summed E-state index contributed by atoms with van der Waals surface area (Å²) in [6, 6.07) is 5.48. The second-order valence-electron chi connectivity index (χ2n) is 3.02. The highest BCUT2D eigenvalue weighted by Crippen LogP contribution is 2.29. The number of benzene rings is 1. The lowest BCUT2D eigenvalue weighted by atomic mass is 10.1. The fraction of sp³-hybridized carbons (Fsp3) is 0.364. The van der Waals surface area contributed by atoms with E-state index < -0.39 is 0 Å². The smallest absolute Gasteiger partial charge is 0.163 e. The van der Waals surface area contributed by atoms with Gasteiger partial charge >= 0.3 is 0 Å². The number of ketones is 1. The summed E-state index contributed by atoms with van der Waals surface area (Å²) in [4.78, 5) is 11.3. The Morgan fingerprint density at radius 3 is 2.79 bits per heavy atom. The Labute approximate surface area is 92.4 Å². The Morgan fingerprint density at radius 2 is 2.21 bits per heavy atom. The average molecular weight is 257 g/mol. The molecule has 0 aliphatic carbocycles. The van der Waals surface area contributed by atoms with Crippen LogP contribution in [0.1, 0.15) is 30.6 Å². The number of halogens is 1. The van der Waals surface area contributed by atoms with Crippen LogP contribution in [0.3, 0.4) is 0 Å². The van der Waals surface area contributed by atoms with Crippen molar-refractivity contribution in [1.29, 1.82) is 0 Å². The molecule has 0 spiro atoms. The molecule has 0 heterocycles. The Morgan fingerprint density at radius 1 is 1.50 bits per heavy atom. The highest BCUT2D eigenvalue weighted by atomic mass is 79.9. The lowest BCUT2D eigenvalue weighted by Gasteiger charge is -2.10. The van der Waals surface area contributed by atoms with E-state index in [1.54, 1.807) is 13.0 Å². The summed E-state index contributed by atoms with van der Waals surface area (Å²) in [5.41, 5.74) is 0.632. The number of hydrogen-bond acceptors (Lipinski definition) is 2. The fourth-order valence-electron chi connectivity index (χ4n) is 1.14. The normalized spacial score (nSPS) is 9.93. The monoisotopic (exact) mass is 256 g/mol. The first kappa shape index (κ1) is 11.2. The summed E-state index contributed by atoms with van der Waals surface area (Å²) in [6.07, 6.45) is 0.929. The van der Waals surface area contributed by atoms with E-state index in [1.165, 1.54) is 0 Å². The van der Waals surface area contributed by atoms with Crippen LogP contribution in [0.5, 0.6) is 5.75 Å². The minimum atomic E-state index is 0.0254. The second-order valence-corrected chi connectivity index (χ2v) is 3.88. The Bertz CT molecular complexity index is 334. The van der Waals surface area contributed by atoms with Gasteiger partial charge in [-0.15, -0.1) is 0 Å². The van der Waals surface area contributed by atoms with Gasteiger partial charge in [-0.05, 0) is 41.4 Å². The Hall–Kier alpha value is -0.830. The zero-order valence-corrected chi connectivity index (χ0v) is 9.93. The molecule has 0 radical (unpaired) electrons. The van der Waals surface area contributed by atoms with Crippen LogP contribution in [-0.2, 0) is 0 Å². The fourth-order valence-corrected chi connectivity index (χ4v) is 1.62. The second kappa shape index (κ2) is 5.15. The summed E-state index contributed by atoms with van der Waals surface area (Å²) in [5.74, 6) is 0.680. The van der Waals surface area contributed by atoms with Crippen LogP contribution in [0.2, 0.25) is 0 Å². The molecular formula is C11H13BrO2. The summed E-state index contributed by atoms with van der Waals surface area (Å²) >= 11 is 3.37. The van der Waals surface area contributed by atoms with Gasteiger partial charge in [0.1, 0.15) is 5.75 Å². The van der Waals surface area contributed by atoms with Crippen LogP contribution in [0.15, 0.2) is 22.7 Å². The van der Waals surface area contributed by atoms with Crippen molar-refractivity contribution in [3.05, 3.63) is 28.2 Å². The SMILES string of the molecule is CCCOc1c(Br)cccc1C(C)=O. The van der Waals surface area contributed by atoms with Crippen molar-refractivity contribution in [1.82, 2.24) is 0 Å². The zero-order chi connectivity index (χ0) is 10.6. The van der Waals surface area contributed by atoms with Crippen LogP contribution < -0.4 is 4.74 Å². The van der Waals surface area contributed by atoms with Gasteiger partial charge in [0.2, 0.25) is 0 Å². The molecule has 0 atom stereocenters. The molecule has 0 aromatic heterocycles. The molecule has 3 heteroatoms. The molecular weight excluding hydrogens is 244 g/mol. The number of carbonyl (C=O) groups excluding carboxylic acids is 1.